The van der Waals surface area contributed by atoms with Crippen molar-refractivity contribution in [2.24, 2.45) is 5.92 Å². The third-order valence-corrected chi connectivity index (χ3v) is 4.46. The molecule has 0 saturated carbocycles. The van der Waals surface area contributed by atoms with Crippen LogP contribution in [0.1, 0.15) is 25.5 Å². The lowest BCUT2D eigenvalue weighted by atomic mass is 9.99. The molecule has 1 aliphatic heterocycles. The van der Waals surface area contributed by atoms with Crippen LogP contribution in [0.25, 0.3) is 10.9 Å². The quantitative estimate of drug-likeness (QED) is 0.917. The SMILES string of the molecule is COC[C@H]1CCCN(Cc2ccc3cc(NC(C)=O)ccc3n2)C1. The highest BCUT2D eigenvalue weighted by molar-refractivity contribution is 5.92. The number of hydrogen-bond donors (Lipinski definition) is 1. The zero-order valence-corrected chi connectivity index (χ0v) is 14.4. The van der Waals surface area contributed by atoms with Gasteiger partial charge >= 0.3 is 0 Å². The van der Waals surface area contributed by atoms with E-state index in [0.29, 0.717) is 5.92 Å². The number of methoxy groups -OCH3 is 1. The molecule has 1 saturated heterocycles. The lowest BCUT2D eigenvalue weighted by molar-refractivity contribution is -0.114. The summed E-state index contributed by atoms with van der Waals surface area (Å²) in [5.41, 5.74) is 2.86. The summed E-state index contributed by atoms with van der Waals surface area (Å²) in [6.07, 6.45) is 2.48. The lowest BCUT2D eigenvalue weighted by Crippen LogP contribution is -2.36. The van der Waals surface area contributed by atoms with E-state index in [9.17, 15) is 4.79 Å². The van der Waals surface area contributed by atoms with Crippen LogP contribution in [0.4, 0.5) is 5.69 Å². The Morgan fingerprint density at radius 2 is 2.25 bits per heavy atom. The van der Waals surface area contributed by atoms with Gasteiger partial charge < -0.3 is 10.1 Å². The van der Waals surface area contributed by atoms with Crippen molar-refractivity contribution in [1.29, 1.82) is 0 Å². The number of pyridine rings is 1. The summed E-state index contributed by atoms with van der Waals surface area (Å²) in [7, 11) is 1.78. The molecule has 1 aliphatic rings. The maximum Gasteiger partial charge on any atom is 0.221 e. The summed E-state index contributed by atoms with van der Waals surface area (Å²) < 4.78 is 5.30. The van der Waals surface area contributed by atoms with E-state index in [1.165, 1.54) is 19.8 Å². The van der Waals surface area contributed by atoms with Gasteiger partial charge in [0.05, 0.1) is 17.8 Å². The number of nitrogens with one attached hydrogen (secondary N) is 1. The van der Waals surface area contributed by atoms with E-state index >= 15 is 0 Å². The molecule has 1 fully saturated rings. The number of fused-ring (bicyclic) bond motifs is 1. The van der Waals surface area contributed by atoms with Gasteiger partial charge in [0.25, 0.3) is 0 Å². The van der Waals surface area contributed by atoms with Gasteiger partial charge in [-0.15, -0.1) is 0 Å². The van der Waals surface area contributed by atoms with Crippen molar-refractivity contribution in [2.75, 3.05) is 32.1 Å². The number of anilines is 1. The number of piperidine rings is 1. The molecule has 2 heterocycles. The number of likely N-dealkylation sites (tertiary alicyclic amines) is 1. The minimum absolute atomic E-state index is 0.0605. The van der Waals surface area contributed by atoms with E-state index in [1.54, 1.807) is 7.11 Å². The summed E-state index contributed by atoms with van der Waals surface area (Å²) in [5.74, 6) is 0.569. The Balaban J connectivity index is 1.70. The van der Waals surface area contributed by atoms with Crippen LogP contribution in [0, 0.1) is 5.92 Å². The number of carbonyl (C=O) groups is 1. The van der Waals surface area contributed by atoms with E-state index < -0.39 is 0 Å². The molecule has 0 spiro atoms. The second-order valence-corrected chi connectivity index (χ2v) is 6.59. The maximum atomic E-state index is 11.2. The molecular weight excluding hydrogens is 302 g/mol. The third kappa shape index (κ3) is 4.30. The van der Waals surface area contributed by atoms with E-state index in [1.807, 2.05) is 18.2 Å². The molecule has 0 aliphatic carbocycles. The fraction of sp³-hybridized carbons (Fsp3) is 0.474. The minimum Gasteiger partial charge on any atom is -0.384 e. The van der Waals surface area contributed by atoms with Crippen molar-refractivity contribution in [3.05, 3.63) is 36.0 Å². The van der Waals surface area contributed by atoms with Crippen molar-refractivity contribution in [1.82, 2.24) is 9.88 Å². The van der Waals surface area contributed by atoms with Crippen LogP contribution in [-0.2, 0) is 16.1 Å². The first-order valence-corrected chi connectivity index (χ1v) is 8.52. The van der Waals surface area contributed by atoms with Crippen molar-refractivity contribution in [3.63, 3.8) is 0 Å². The van der Waals surface area contributed by atoms with Crippen LogP contribution >= 0.6 is 0 Å². The van der Waals surface area contributed by atoms with Gasteiger partial charge in [0.2, 0.25) is 5.91 Å². The van der Waals surface area contributed by atoms with Crippen molar-refractivity contribution in [2.45, 2.75) is 26.3 Å². The van der Waals surface area contributed by atoms with Crippen LogP contribution in [0.2, 0.25) is 0 Å². The number of benzene rings is 1. The summed E-state index contributed by atoms with van der Waals surface area (Å²) in [6.45, 7) is 5.44. The largest absolute Gasteiger partial charge is 0.384 e. The summed E-state index contributed by atoms with van der Waals surface area (Å²) >= 11 is 0. The Morgan fingerprint density at radius 3 is 3.04 bits per heavy atom. The zero-order valence-electron chi connectivity index (χ0n) is 14.4. The molecule has 1 N–H and O–H groups in total. The number of nitrogens with zero attached hydrogens (tertiary/aromatic N) is 2. The molecular formula is C19H25N3O2. The molecule has 2 aromatic rings. The molecule has 0 radical (unpaired) electrons. The van der Waals surface area contributed by atoms with Gasteiger partial charge in [0, 0.05) is 38.2 Å². The summed E-state index contributed by atoms with van der Waals surface area (Å²) in [5, 5.41) is 3.85. The molecule has 3 rings (SSSR count). The average Bonchev–Trinajstić information content (AvgIpc) is 2.55. The van der Waals surface area contributed by atoms with Gasteiger partial charge in [0.1, 0.15) is 0 Å². The highest BCUT2D eigenvalue weighted by atomic mass is 16.5. The Bertz CT molecular complexity index is 715. The fourth-order valence-corrected chi connectivity index (χ4v) is 3.43. The van der Waals surface area contributed by atoms with Crippen LogP contribution in [0.3, 0.4) is 0 Å². The first-order chi connectivity index (χ1) is 11.6. The standard InChI is InChI=1S/C19H25N3O2/c1-14(23)20-17-7-8-19-16(10-17)5-6-18(21-19)12-22-9-3-4-15(11-22)13-24-2/h5-8,10,15H,3-4,9,11-13H2,1-2H3,(H,20,23)/t15-/m0/s1. The zero-order chi connectivity index (χ0) is 16.9. The maximum absolute atomic E-state index is 11.2. The molecule has 1 amide bonds. The second-order valence-electron chi connectivity index (χ2n) is 6.59. The Hall–Kier alpha value is -1.98. The minimum atomic E-state index is -0.0605. The molecule has 1 aromatic carbocycles. The van der Waals surface area contributed by atoms with E-state index in [-0.39, 0.29) is 5.91 Å². The lowest BCUT2D eigenvalue weighted by Gasteiger charge is -2.32. The first kappa shape index (κ1) is 16.9. The molecule has 0 unspecified atom stereocenters. The van der Waals surface area contributed by atoms with Crippen molar-refractivity contribution >= 4 is 22.5 Å². The normalized spacial score (nSPS) is 18.7. The predicted molar refractivity (Wildman–Crippen MR) is 95.9 cm³/mol. The number of aromatic nitrogens is 1. The van der Waals surface area contributed by atoms with Crippen LogP contribution in [-0.4, -0.2) is 42.6 Å². The smallest absolute Gasteiger partial charge is 0.221 e. The Kier molecular flexibility index (Phi) is 5.43. The monoisotopic (exact) mass is 327 g/mol. The summed E-state index contributed by atoms with van der Waals surface area (Å²) in [4.78, 5) is 18.4. The summed E-state index contributed by atoms with van der Waals surface area (Å²) in [6, 6.07) is 9.99. The van der Waals surface area contributed by atoms with E-state index in [0.717, 1.165) is 48.5 Å². The van der Waals surface area contributed by atoms with Crippen molar-refractivity contribution in [3.8, 4) is 0 Å². The van der Waals surface area contributed by atoms with Crippen LogP contribution < -0.4 is 5.32 Å². The molecule has 0 bridgehead atoms. The topological polar surface area (TPSA) is 54.5 Å². The number of ether oxygens (including phenoxy) is 1. The first-order valence-electron chi connectivity index (χ1n) is 8.52. The van der Waals surface area contributed by atoms with Gasteiger partial charge in [0.15, 0.2) is 0 Å². The van der Waals surface area contributed by atoms with Gasteiger partial charge in [-0.25, -0.2) is 0 Å². The highest BCUT2D eigenvalue weighted by Gasteiger charge is 2.20. The third-order valence-electron chi connectivity index (χ3n) is 4.46. The molecule has 24 heavy (non-hydrogen) atoms. The van der Waals surface area contributed by atoms with Gasteiger partial charge in [-0.3, -0.25) is 14.7 Å². The molecule has 5 heteroatoms. The number of amides is 1. The van der Waals surface area contributed by atoms with Crippen LogP contribution in [0.15, 0.2) is 30.3 Å². The second kappa shape index (κ2) is 7.73. The van der Waals surface area contributed by atoms with Gasteiger partial charge in [-0.05, 0) is 49.6 Å². The number of carbonyl (C=O) groups excluding carboxylic acids is 1. The predicted octanol–water partition coefficient (Wildman–Crippen LogP) is 3.05. The van der Waals surface area contributed by atoms with Crippen LogP contribution in [0.5, 0.6) is 0 Å². The van der Waals surface area contributed by atoms with Gasteiger partial charge in [-0.1, -0.05) is 6.07 Å². The Labute approximate surface area is 143 Å². The average molecular weight is 327 g/mol. The number of rotatable bonds is 5. The van der Waals surface area contributed by atoms with E-state index in [4.69, 9.17) is 9.72 Å². The van der Waals surface area contributed by atoms with Gasteiger partial charge in [-0.2, -0.15) is 0 Å². The van der Waals surface area contributed by atoms with E-state index in [2.05, 4.69) is 22.3 Å². The number of hydrogen-bond acceptors (Lipinski definition) is 4. The molecule has 5 nitrogen and oxygen atoms in total. The molecule has 1 aromatic heterocycles. The highest BCUT2D eigenvalue weighted by Crippen LogP contribution is 2.21. The Morgan fingerprint density at radius 1 is 1.38 bits per heavy atom. The fourth-order valence-electron chi connectivity index (χ4n) is 3.43. The van der Waals surface area contributed by atoms with Crippen molar-refractivity contribution < 1.29 is 9.53 Å². The molecule has 128 valence electrons. The molecule has 1 atom stereocenters.